The third kappa shape index (κ3) is 19.6. The molecule has 0 saturated heterocycles. The molecule has 0 aromatic heterocycles. The van der Waals surface area contributed by atoms with E-state index in [1.54, 1.807) is 0 Å². The molecule has 0 N–H and O–H groups in total. The minimum atomic E-state index is 0.193. The van der Waals surface area contributed by atoms with Gasteiger partial charge in [-0.25, -0.2) is 0 Å². The lowest BCUT2D eigenvalue weighted by atomic mass is 9.64. The maximum Gasteiger partial charge on any atom is 0.135 e. The van der Waals surface area contributed by atoms with Crippen LogP contribution >= 0.6 is 0 Å². The van der Waals surface area contributed by atoms with Crippen molar-refractivity contribution in [3.63, 3.8) is 0 Å². The Bertz CT molecular complexity index is 719. The Balaban J connectivity index is 2.74. The second-order valence-electron chi connectivity index (χ2n) is 15.3. The Kier molecular flexibility index (Phi) is 25.4. The molecule has 44 heavy (non-hydrogen) atoms. The van der Waals surface area contributed by atoms with Crippen molar-refractivity contribution in [2.24, 2.45) is 35.5 Å². The van der Waals surface area contributed by atoms with E-state index in [1.165, 1.54) is 141 Å². The highest BCUT2D eigenvalue weighted by atomic mass is 16.1. The molecule has 0 spiro atoms. The Hall–Kier alpha value is -0.920. The molecule has 2 heteroatoms. The van der Waals surface area contributed by atoms with Crippen molar-refractivity contribution >= 4 is 11.6 Å². The lowest BCUT2D eigenvalue weighted by Crippen LogP contribution is -2.32. The third-order valence-corrected chi connectivity index (χ3v) is 10.7. The summed E-state index contributed by atoms with van der Waals surface area (Å²) >= 11 is 0. The average Bonchev–Trinajstić information content (AvgIpc) is 3.00. The van der Waals surface area contributed by atoms with Gasteiger partial charge >= 0.3 is 0 Å². The fourth-order valence-electron chi connectivity index (χ4n) is 7.65. The molecule has 0 saturated carbocycles. The summed E-state index contributed by atoms with van der Waals surface area (Å²) in [6.07, 6.45) is 39.0. The summed E-state index contributed by atoms with van der Waals surface area (Å²) in [6.45, 7) is 12.8. The van der Waals surface area contributed by atoms with E-state index >= 15 is 0 Å². The van der Waals surface area contributed by atoms with E-state index in [9.17, 15) is 9.59 Å². The topological polar surface area (TPSA) is 34.1 Å². The van der Waals surface area contributed by atoms with E-state index in [-0.39, 0.29) is 11.8 Å². The SMILES string of the molecule is CCCCCCCCC1C(CCCCCC)C=CC(CCCCCCCC(=O)C(C)C)C1CCCCCCCC(=O)C(C)C. The summed E-state index contributed by atoms with van der Waals surface area (Å²) in [5.74, 6) is 4.56. The monoisotopic (exact) mass is 615 g/mol. The van der Waals surface area contributed by atoms with Crippen LogP contribution in [0, 0.1) is 35.5 Å². The Morgan fingerprint density at radius 1 is 0.432 bits per heavy atom. The van der Waals surface area contributed by atoms with Gasteiger partial charge in [-0.1, -0.05) is 169 Å². The maximum absolute atomic E-state index is 12.0. The van der Waals surface area contributed by atoms with Gasteiger partial charge in [0.05, 0.1) is 0 Å². The summed E-state index contributed by atoms with van der Waals surface area (Å²) in [6, 6.07) is 0. The fourth-order valence-corrected chi connectivity index (χ4v) is 7.65. The van der Waals surface area contributed by atoms with Gasteiger partial charge in [-0.2, -0.15) is 0 Å². The molecule has 0 bridgehead atoms. The van der Waals surface area contributed by atoms with Gasteiger partial charge in [0.1, 0.15) is 11.6 Å². The van der Waals surface area contributed by atoms with E-state index < -0.39 is 0 Å². The highest BCUT2D eigenvalue weighted by Gasteiger charge is 2.34. The first-order chi connectivity index (χ1) is 21.3. The lowest BCUT2D eigenvalue weighted by molar-refractivity contribution is -0.122. The van der Waals surface area contributed by atoms with Gasteiger partial charge < -0.3 is 0 Å². The minimum Gasteiger partial charge on any atom is -0.299 e. The second kappa shape index (κ2) is 27.2. The molecule has 1 aliphatic carbocycles. The van der Waals surface area contributed by atoms with Gasteiger partial charge in [0.15, 0.2) is 0 Å². The predicted molar refractivity (Wildman–Crippen MR) is 194 cm³/mol. The predicted octanol–water partition coefficient (Wildman–Crippen LogP) is 13.7. The van der Waals surface area contributed by atoms with Crippen LogP contribution in [0.4, 0.5) is 0 Å². The number of carbonyl (C=O) groups is 2. The molecule has 258 valence electrons. The molecular weight excluding hydrogens is 536 g/mol. The lowest BCUT2D eigenvalue weighted by Gasteiger charge is -2.41. The molecule has 0 radical (unpaired) electrons. The summed E-state index contributed by atoms with van der Waals surface area (Å²) in [7, 11) is 0. The Labute approximate surface area is 276 Å². The molecule has 0 fully saturated rings. The van der Waals surface area contributed by atoms with E-state index in [2.05, 4.69) is 26.0 Å². The second-order valence-corrected chi connectivity index (χ2v) is 15.3. The van der Waals surface area contributed by atoms with E-state index in [1.807, 2.05) is 27.7 Å². The molecule has 1 aliphatic rings. The smallest absolute Gasteiger partial charge is 0.135 e. The Morgan fingerprint density at radius 3 is 1.09 bits per heavy atom. The molecule has 0 aliphatic heterocycles. The quantitative estimate of drug-likeness (QED) is 0.0596. The molecule has 0 amide bonds. The largest absolute Gasteiger partial charge is 0.299 e. The number of Topliss-reactive ketones (excluding diaryl/α,β-unsaturated/α-hetero) is 2. The molecule has 2 nitrogen and oxygen atoms in total. The van der Waals surface area contributed by atoms with Gasteiger partial charge in [-0.3, -0.25) is 9.59 Å². The molecule has 0 heterocycles. The molecule has 0 aromatic carbocycles. The van der Waals surface area contributed by atoms with Crippen molar-refractivity contribution in [1.82, 2.24) is 0 Å². The first-order valence-corrected chi connectivity index (χ1v) is 20.0. The van der Waals surface area contributed by atoms with Crippen molar-refractivity contribution in [1.29, 1.82) is 0 Å². The van der Waals surface area contributed by atoms with Crippen molar-refractivity contribution in [2.45, 2.75) is 208 Å². The van der Waals surface area contributed by atoms with Gasteiger partial charge in [0.2, 0.25) is 0 Å². The number of hydrogen-bond donors (Lipinski definition) is 0. The number of carbonyl (C=O) groups excluding carboxylic acids is 2. The van der Waals surface area contributed by atoms with Gasteiger partial charge in [-0.15, -0.1) is 0 Å². The van der Waals surface area contributed by atoms with Crippen LogP contribution < -0.4 is 0 Å². The van der Waals surface area contributed by atoms with Crippen molar-refractivity contribution in [3.05, 3.63) is 12.2 Å². The molecule has 4 atom stereocenters. The summed E-state index contributed by atoms with van der Waals surface area (Å²) in [4.78, 5) is 24.0. The third-order valence-electron chi connectivity index (χ3n) is 10.7. The molecule has 0 aromatic rings. The van der Waals surface area contributed by atoms with Gasteiger partial charge in [0, 0.05) is 24.7 Å². The van der Waals surface area contributed by atoms with Gasteiger partial charge in [-0.05, 0) is 62.2 Å². The number of allylic oxidation sites excluding steroid dienone is 2. The van der Waals surface area contributed by atoms with Crippen molar-refractivity contribution in [3.8, 4) is 0 Å². The van der Waals surface area contributed by atoms with E-state index in [4.69, 9.17) is 0 Å². The summed E-state index contributed by atoms with van der Waals surface area (Å²) < 4.78 is 0. The van der Waals surface area contributed by atoms with Crippen LogP contribution in [0.15, 0.2) is 12.2 Å². The highest BCUT2D eigenvalue weighted by Crippen LogP contribution is 2.44. The summed E-state index contributed by atoms with van der Waals surface area (Å²) in [5, 5.41) is 0. The van der Waals surface area contributed by atoms with Crippen LogP contribution in [-0.4, -0.2) is 11.6 Å². The molecule has 1 rings (SSSR count). The van der Waals surface area contributed by atoms with Crippen LogP contribution in [0.3, 0.4) is 0 Å². The molecular formula is C42H78O2. The molecule has 4 unspecified atom stereocenters. The van der Waals surface area contributed by atoms with Gasteiger partial charge in [0.25, 0.3) is 0 Å². The maximum atomic E-state index is 12.0. The Morgan fingerprint density at radius 2 is 0.727 bits per heavy atom. The van der Waals surface area contributed by atoms with Crippen molar-refractivity contribution in [2.75, 3.05) is 0 Å². The average molecular weight is 615 g/mol. The van der Waals surface area contributed by atoms with E-state index in [0.717, 1.165) is 49.4 Å². The fraction of sp³-hybridized carbons (Fsp3) is 0.905. The zero-order valence-electron chi connectivity index (χ0n) is 30.8. The highest BCUT2D eigenvalue weighted by molar-refractivity contribution is 5.80. The normalized spacial score (nSPS) is 20.2. The van der Waals surface area contributed by atoms with Crippen LogP contribution in [0.25, 0.3) is 0 Å². The minimum absolute atomic E-state index is 0.193. The van der Waals surface area contributed by atoms with Crippen LogP contribution in [0.1, 0.15) is 208 Å². The number of ketones is 2. The first-order valence-electron chi connectivity index (χ1n) is 20.0. The number of unbranched alkanes of at least 4 members (excludes halogenated alkanes) is 16. The first kappa shape index (κ1) is 41.1. The van der Waals surface area contributed by atoms with Crippen LogP contribution in [0.5, 0.6) is 0 Å². The van der Waals surface area contributed by atoms with Crippen LogP contribution in [0.2, 0.25) is 0 Å². The number of rotatable bonds is 30. The summed E-state index contributed by atoms with van der Waals surface area (Å²) in [5.41, 5.74) is 0. The van der Waals surface area contributed by atoms with Crippen molar-refractivity contribution < 1.29 is 9.59 Å². The zero-order chi connectivity index (χ0) is 32.4. The zero-order valence-corrected chi connectivity index (χ0v) is 30.8. The number of hydrogen-bond acceptors (Lipinski definition) is 2. The van der Waals surface area contributed by atoms with Crippen LogP contribution in [-0.2, 0) is 9.59 Å². The van der Waals surface area contributed by atoms with E-state index in [0.29, 0.717) is 11.6 Å². The standard InChI is InChI=1S/C42H78O2/c1-7-9-11-13-17-23-29-39-37(27-21-12-10-8-2)33-34-38(28-22-16-14-19-25-31-41(43)35(3)4)40(39)30-24-18-15-20-26-32-42(44)36(5)6/h33-40H,7-32H2,1-6H3.